The van der Waals surface area contributed by atoms with Gasteiger partial charge in [0.25, 0.3) is 0 Å². The molecule has 0 aromatic rings. The molecule has 0 spiro atoms. The van der Waals surface area contributed by atoms with Gasteiger partial charge in [-0.15, -0.1) is 0 Å². The van der Waals surface area contributed by atoms with E-state index in [1.54, 1.807) is 0 Å². The first-order valence-corrected chi connectivity index (χ1v) is 25.3. The van der Waals surface area contributed by atoms with Gasteiger partial charge in [0, 0.05) is 49.9 Å². The van der Waals surface area contributed by atoms with Gasteiger partial charge in [0.05, 0.1) is 12.2 Å². The summed E-state index contributed by atoms with van der Waals surface area (Å²) in [6.07, 6.45) is 20.8. The van der Waals surface area contributed by atoms with Crippen LogP contribution in [-0.4, -0.2) is 72.0 Å². The van der Waals surface area contributed by atoms with E-state index < -0.39 is 5.41 Å². The third-order valence-electron chi connectivity index (χ3n) is 19.4. The van der Waals surface area contributed by atoms with Crippen LogP contribution >= 0.6 is 0 Å². The lowest BCUT2D eigenvalue weighted by Crippen LogP contribution is -2.68. The molecule has 60 heavy (non-hydrogen) atoms. The summed E-state index contributed by atoms with van der Waals surface area (Å²) < 4.78 is 5.96. The molecule has 7 nitrogen and oxygen atoms in total. The Morgan fingerprint density at radius 2 is 1.38 bits per heavy atom. The SMILES string of the molecule is CCCCC(CC)CN1CN(CC(CC)CCCC)CC(C)(NC(=O)[C@@]2(C)CC[C@]3(C)CCC4(C)C(=CC(=O)C5[C@@]6(C)CC[C@H](OC(C)=O)C(C)(C)C6CC[C@]54C)C3C2)C1. The minimum atomic E-state index is -0.497. The van der Waals surface area contributed by atoms with Crippen molar-refractivity contribution in [3.8, 4) is 0 Å². The molecule has 0 aromatic carbocycles. The van der Waals surface area contributed by atoms with Gasteiger partial charge in [-0.25, -0.2) is 0 Å². The van der Waals surface area contributed by atoms with Crippen LogP contribution in [0.1, 0.15) is 199 Å². The van der Waals surface area contributed by atoms with E-state index >= 15 is 9.59 Å². The van der Waals surface area contributed by atoms with Crippen LogP contribution in [0.4, 0.5) is 0 Å². The van der Waals surface area contributed by atoms with Crippen molar-refractivity contribution in [1.82, 2.24) is 15.1 Å². The van der Waals surface area contributed by atoms with Crippen molar-refractivity contribution in [3.63, 3.8) is 0 Å². The second-order valence-electron chi connectivity index (χ2n) is 24.2. The fourth-order valence-electron chi connectivity index (χ4n) is 15.5. The molecule has 6 rings (SSSR count). The average molecular weight is 834 g/mol. The monoisotopic (exact) mass is 834 g/mol. The van der Waals surface area contributed by atoms with E-state index in [0.717, 1.165) is 90.6 Å². The predicted molar refractivity (Wildman–Crippen MR) is 246 cm³/mol. The van der Waals surface area contributed by atoms with Gasteiger partial charge < -0.3 is 10.1 Å². The maximum absolute atomic E-state index is 15.1. The van der Waals surface area contributed by atoms with E-state index in [-0.39, 0.29) is 62.4 Å². The molecule has 1 aliphatic heterocycles. The Morgan fingerprint density at radius 3 is 1.93 bits per heavy atom. The van der Waals surface area contributed by atoms with Crippen LogP contribution in [0.25, 0.3) is 0 Å². The number of nitrogens with one attached hydrogen (secondary N) is 1. The van der Waals surface area contributed by atoms with Crippen molar-refractivity contribution in [2.45, 2.75) is 211 Å². The molecule has 1 saturated heterocycles. The number of esters is 1. The highest BCUT2D eigenvalue weighted by molar-refractivity contribution is 5.96. The van der Waals surface area contributed by atoms with Gasteiger partial charge in [0.15, 0.2) is 5.78 Å². The molecule has 1 heterocycles. The molecule has 1 amide bonds. The molecule has 0 radical (unpaired) electrons. The van der Waals surface area contributed by atoms with Gasteiger partial charge in [0.2, 0.25) is 5.91 Å². The lowest BCUT2D eigenvalue weighted by molar-refractivity contribution is -0.210. The van der Waals surface area contributed by atoms with Gasteiger partial charge in [-0.3, -0.25) is 24.2 Å². The maximum atomic E-state index is 15.1. The van der Waals surface area contributed by atoms with Crippen LogP contribution in [0.2, 0.25) is 0 Å². The summed E-state index contributed by atoms with van der Waals surface area (Å²) >= 11 is 0. The first kappa shape index (κ1) is 47.7. The van der Waals surface area contributed by atoms with Crippen LogP contribution in [-0.2, 0) is 19.1 Å². The molecule has 5 aliphatic carbocycles. The maximum Gasteiger partial charge on any atom is 0.302 e. The second-order valence-corrected chi connectivity index (χ2v) is 24.2. The lowest BCUT2D eigenvalue weighted by Gasteiger charge is -2.70. The Bertz CT molecular complexity index is 1580. The molecule has 4 saturated carbocycles. The smallest absolute Gasteiger partial charge is 0.302 e. The van der Waals surface area contributed by atoms with Crippen LogP contribution in [0.15, 0.2) is 11.6 Å². The van der Waals surface area contributed by atoms with Crippen molar-refractivity contribution in [2.24, 2.45) is 62.1 Å². The molecule has 6 unspecified atom stereocenters. The third-order valence-corrected chi connectivity index (χ3v) is 19.4. The molecule has 0 bridgehead atoms. The molecule has 6 aliphatic rings. The van der Waals surface area contributed by atoms with E-state index in [1.165, 1.54) is 63.9 Å². The van der Waals surface area contributed by atoms with Crippen molar-refractivity contribution in [3.05, 3.63) is 11.6 Å². The quantitative estimate of drug-likeness (QED) is 0.166. The Morgan fingerprint density at radius 1 is 0.800 bits per heavy atom. The zero-order valence-corrected chi connectivity index (χ0v) is 41.1. The molecule has 0 aromatic heterocycles. The van der Waals surface area contributed by atoms with Gasteiger partial charge in [0.1, 0.15) is 6.10 Å². The number of fused-ring (bicyclic) bond motifs is 7. The van der Waals surface area contributed by atoms with Crippen molar-refractivity contribution in [2.75, 3.05) is 32.8 Å². The fraction of sp³-hybridized carbons (Fsp3) is 0.906. The first-order chi connectivity index (χ1) is 28.1. The van der Waals surface area contributed by atoms with Crippen LogP contribution in [0, 0.1) is 62.1 Å². The average Bonchev–Trinajstić information content (AvgIpc) is 3.17. The lowest BCUT2D eigenvalue weighted by atomic mass is 9.33. The number of hydrogen-bond donors (Lipinski definition) is 1. The minimum absolute atomic E-state index is 0.0571. The summed E-state index contributed by atoms with van der Waals surface area (Å²) in [6.45, 7) is 34.9. The minimum Gasteiger partial charge on any atom is -0.462 e. The third kappa shape index (κ3) is 8.61. The number of rotatable bonds is 15. The number of ether oxygens (including phenoxy) is 1. The van der Waals surface area contributed by atoms with Gasteiger partial charge in [-0.2, -0.15) is 0 Å². The highest BCUT2D eigenvalue weighted by Gasteiger charge is 2.70. The van der Waals surface area contributed by atoms with E-state index in [9.17, 15) is 4.79 Å². The highest BCUT2D eigenvalue weighted by Crippen LogP contribution is 2.75. The molecular weight excluding hydrogens is 743 g/mol. The summed E-state index contributed by atoms with van der Waals surface area (Å²) in [5.74, 6) is 2.19. The van der Waals surface area contributed by atoms with Crippen LogP contribution < -0.4 is 5.32 Å². The number of carbonyl (C=O) groups is 3. The standard InChI is InChI=1S/C53H91N3O4/c1-14-18-20-38(16-3)32-55-34-50(10,35-56(36-55)33-39(17-4)21-19-15-2)54-46(59)49(9)27-26-48(8)28-29-52(12)40(41(48)31-49)30-42(58)45-51(11)24-23-44(60-37(5)57)47(6,7)43(51)22-25-53(45,52)13/h30,38-39,41,43-45H,14-29,31-36H2,1-13H3,(H,54,59)/t38?,39?,41?,43?,44-,45?,48+,49-,50?,51-,52?,53+/m0/s1. The van der Waals surface area contributed by atoms with Gasteiger partial charge >= 0.3 is 5.97 Å². The number of unbranched alkanes of at least 4 members (excludes halogenated alkanes) is 2. The molecule has 5 fully saturated rings. The van der Waals surface area contributed by atoms with Crippen LogP contribution in [0.3, 0.4) is 0 Å². The normalized spacial score (nSPS) is 41.5. The largest absolute Gasteiger partial charge is 0.462 e. The number of allylic oxidation sites excluding steroid dienone is 2. The number of amides is 1. The number of nitrogens with zero attached hydrogens (tertiary/aromatic N) is 2. The summed E-state index contributed by atoms with van der Waals surface area (Å²) in [5.41, 5.74) is 0.00419. The fourth-order valence-corrected chi connectivity index (χ4v) is 15.5. The molecular formula is C53H91N3O4. The number of ketones is 1. The molecule has 342 valence electrons. The zero-order chi connectivity index (χ0) is 44.1. The molecule has 7 heteroatoms. The van der Waals surface area contributed by atoms with E-state index in [2.05, 4.69) is 104 Å². The summed E-state index contributed by atoms with van der Waals surface area (Å²) in [4.78, 5) is 47.7. The number of carbonyl (C=O) groups excluding carboxylic acids is 3. The second kappa shape index (κ2) is 17.7. The summed E-state index contributed by atoms with van der Waals surface area (Å²) in [7, 11) is 0. The molecule has 11 atom stereocenters. The predicted octanol–water partition coefficient (Wildman–Crippen LogP) is 11.8. The Balaban J connectivity index is 1.26. The zero-order valence-electron chi connectivity index (χ0n) is 41.1. The van der Waals surface area contributed by atoms with E-state index in [4.69, 9.17) is 4.74 Å². The van der Waals surface area contributed by atoms with E-state index in [0.29, 0.717) is 23.5 Å². The van der Waals surface area contributed by atoms with Gasteiger partial charge in [-0.1, -0.05) is 120 Å². The highest BCUT2D eigenvalue weighted by atomic mass is 16.5. The van der Waals surface area contributed by atoms with Crippen molar-refractivity contribution in [1.29, 1.82) is 0 Å². The Labute approximate surface area is 368 Å². The van der Waals surface area contributed by atoms with Crippen LogP contribution in [0.5, 0.6) is 0 Å². The van der Waals surface area contributed by atoms with Crippen molar-refractivity contribution >= 4 is 17.7 Å². The summed E-state index contributed by atoms with van der Waals surface area (Å²) in [6, 6.07) is 0. The first-order valence-electron chi connectivity index (χ1n) is 25.3. The Kier molecular flexibility index (Phi) is 14.1. The molecule has 1 N–H and O–H groups in total. The Hall–Kier alpha value is -1.73. The van der Waals surface area contributed by atoms with E-state index in [1.807, 2.05) is 0 Å². The topological polar surface area (TPSA) is 78.9 Å². The number of hydrogen-bond acceptors (Lipinski definition) is 6. The van der Waals surface area contributed by atoms with Gasteiger partial charge in [-0.05, 0) is 129 Å². The van der Waals surface area contributed by atoms with Crippen molar-refractivity contribution < 1.29 is 19.1 Å². The summed E-state index contributed by atoms with van der Waals surface area (Å²) in [5, 5.41) is 3.80.